The fraction of sp³-hybridized carbons (Fsp3) is 0.222. The van der Waals surface area contributed by atoms with E-state index in [-0.39, 0.29) is 0 Å². The van der Waals surface area contributed by atoms with Gasteiger partial charge in [0.25, 0.3) is 0 Å². The maximum absolute atomic E-state index is 10.5. The van der Waals surface area contributed by atoms with Crippen LogP contribution in [0.5, 0.6) is 5.75 Å². The number of benzene rings is 1. The molecule has 1 aromatic carbocycles. The first-order chi connectivity index (χ1) is 6.65. The summed E-state index contributed by atoms with van der Waals surface area (Å²) in [5, 5.41) is 1.42. The topological polar surface area (TPSA) is 26.3 Å². The van der Waals surface area contributed by atoms with Gasteiger partial charge in [0.2, 0.25) is 0 Å². The molecule has 0 amide bonds. The first kappa shape index (κ1) is 12.0. The third kappa shape index (κ3) is 3.59. The third-order valence-corrected chi connectivity index (χ3v) is 2.90. The Labute approximate surface area is 104 Å². The van der Waals surface area contributed by atoms with Crippen molar-refractivity contribution in [1.29, 1.82) is 0 Å². The number of carbonyl (C=O) groups is 1. The van der Waals surface area contributed by atoms with Gasteiger partial charge in [0.1, 0.15) is 5.75 Å². The lowest BCUT2D eigenvalue weighted by molar-refractivity contribution is 0.225. The monoisotopic (exact) mass is 340 g/mol. The SMILES string of the molecule is O=C(Cl)Oc1cc(CBr)cc(CBr)c1. The number of rotatable bonds is 3. The fourth-order valence-corrected chi connectivity index (χ4v) is 1.77. The van der Waals surface area contributed by atoms with Crippen molar-refractivity contribution >= 4 is 48.9 Å². The highest BCUT2D eigenvalue weighted by atomic mass is 79.9. The van der Waals surface area contributed by atoms with Crippen LogP contribution in [0.1, 0.15) is 11.1 Å². The van der Waals surface area contributed by atoms with Crippen molar-refractivity contribution in [3.63, 3.8) is 0 Å². The second-order valence-electron chi connectivity index (χ2n) is 2.59. The van der Waals surface area contributed by atoms with Gasteiger partial charge in [-0.2, -0.15) is 0 Å². The van der Waals surface area contributed by atoms with Gasteiger partial charge in [0.05, 0.1) is 0 Å². The first-order valence-electron chi connectivity index (χ1n) is 3.78. The van der Waals surface area contributed by atoms with Crippen LogP contribution in [0.15, 0.2) is 18.2 Å². The lowest BCUT2D eigenvalue weighted by Gasteiger charge is -2.05. The molecule has 0 heterocycles. The van der Waals surface area contributed by atoms with E-state index in [1.54, 1.807) is 12.1 Å². The van der Waals surface area contributed by atoms with Gasteiger partial charge in [-0.25, -0.2) is 4.79 Å². The summed E-state index contributed by atoms with van der Waals surface area (Å²) in [6.07, 6.45) is 0. The van der Waals surface area contributed by atoms with Crippen LogP contribution < -0.4 is 4.74 Å². The molecule has 5 heteroatoms. The molecule has 0 fully saturated rings. The van der Waals surface area contributed by atoms with E-state index < -0.39 is 5.43 Å². The van der Waals surface area contributed by atoms with Crippen LogP contribution in [0.25, 0.3) is 0 Å². The summed E-state index contributed by atoms with van der Waals surface area (Å²) in [7, 11) is 0. The molecule has 0 unspecified atom stereocenters. The Kier molecular flexibility index (Phi) is 4.92. The van der Waals surface area contributed by atoms with Crippen molar-refractivity contribution in [1.82, 2.24) is 0 Å². The standard InChI is InChI=1S/C9H7Br2ClO2/c10-4-6-1-7(5-11)3-8(2-6)14-9(12)13/h1-3H,4-5H2. The van der Waals surface area contributed by atoms with Gasteiger partial charge in [0.15, 0.2) is 0 Å². The molecule has 0 aromatic heterocycles. The highest BCUT2D eigenvalue weighted by Crippen LogP contribution is 2.21. The lowest BCUT2D eigenvalue weighted by Crippen LogP contribution is -1.97. The Morgan fingerprint density at radius 1 is 1.21 bits per heavy atom. The number of hydrogen-bond acceptors (Lipinski definition) is 2. The molecule has 0 radical (unpaired) electrons. The minimum atomic E-state index is -0.822. The quantitative estimate of drug-likeness (QED) is 0.607. The first-order valence-corrected chi connectivity index (χ1v) is 6.40. The highest BCUT2D eigenvalue weighted by Gasteiger charge is 2.03. The molecule has 1 rings (SSSR count). The number of ether oxygens (including phenoxy) is 1. The molecule has 1 aromatic rings. The second-order valence-corrected chi connectivity index (χ2v) is 4.02. The molecular weight excluding hydrogens is 335 g/mol. The molecule has 0 aliphatic rings. The van der Waals surface area contributed by atoms with E-state index in [0.29, 0.717) is 16.4 Å². The average molecular weight is 342 g/mol. The number of halogens is 3. The van der Waals surface area contributed by atoms with Gasteiger partial charge < -0.3 is 4.74 Å². The zero-order valence-electron chi connectivity index (χ0n) is 7.10. The molecule has 0 aliphatic heterocycles. The second kappa shape index (κ2) is 5.73. The van der Waals surface area contributed by atoms with Crippen molar-refractivity contribution in [2.45, 2.75) is 10.7 Å². The molecule has 0 N–H and O–H groups in total. The Bertz CT molecular complexity index is 319. The molecule has 14 heavy (non-hydrogen) atoms. The predicted octanol–water partition coefficient (Wildman–Crippen LogP) is 4.21. The Morgan fingerprint density at radius 3 is 2.07 bits per heavy atom. The Morgan fingerprint density at radius 2 is 1.71 bits per heavy atom. The van der Waals surface area contributed by atoms with Crippen LogP contribution in [-0.4, -0.2) is 5.43 Å². The van der Waals surface area contributed by atoms with Crippen molar-refractivity contribution in [2.24, 2.45) is 0 Å². The van der Waals surface area contributed by atoms with Gasteiger partial charge in [-0.3, -0.25) is 0 Å². The molecule has 0 spiro atoms. The molecule has 2 nitrogen and oxygen atoms in total. The van der Waals surface area contributed by atoms with Crippen molar-refractivity contribution in [3.05, 3.63) is 29.3 Å². The van der Waals surface area contributed by atoms with Crippen molar-refractivity contribution < 1.29 is 9.53 Å². The molecule has 0 saturated heterocycles. The highest BCUT2D eigenvalue weighted by molar-refractivity contribution is 9.08. The Hall–Kier alpha value is -0.0600. The maximum Gasteiger partial charge on any atom is 0.409 e. The smallest absolute Gasteiger partial charge is 0.409 e. The van der Waals surface area contributed by atoms with Crippen LogP contribution in [0.2, 0.25) is 0 Å². The van der Waals surface area contributed by atoms with Gasteiger partial charge in [0, 0.05) is 22.3 Å². The van der Waals surface area contributed by atoms with Gasteiger partial charge >= 0.3 is 5.43 Å². The fourth-order valence-electron chi connectivity index (χ4n) is 1.03. The van der Waals surface area contributed by atoms with Crippen LogP contribution in [-0.2, 0) is 10.7 Å². The van der Waals surface area contributed by atoms with Crippen molar-refractivity contribution in [2.75, 3.05) is 0 Å². The minimum Gasteiger partial charge on any atom is -0.414 e. The number of hydrogen-bond donors (Lipinski definition) is 0. The summed E-state index contributed by atoms with van der Waals surface area (Å²) in [5.41, 5.74) is 1.25. The summed E-state index contributed by atoms with van der Waals surface area (Å²) >= 11 is 11.8. The molecule has 0 atom stereocenters. The minimum absolute atomic E-state index is 0.469. The largest absolute Gasteiger partial charge is 0.414 e. The predicted molar refractivity (Wildman–Crippen MR) is 63.6 cm³/mol. The molecular formula is C9H7Br2ClO2. The van der Waals surface area contributed by atoms with Crippen LogP contribution >= 0.6 is 43.5 Å². The van der Waals surface area contributed by atoms with E-state index in [9.17, 15) is 4.79 Å². The third-order valence-electron chi connectivity index (χ3n) is 1.53. The van der Waals surface area contributed by atoms with E-state index in [4.69, 9.17) is 16.3 Å². The zero-order chi connectivity index (χ0) is 10.6. The van der Waals surface area contributed by atoms with Crippen molar-refractivity contribution in [3.8, 4) is 5.75 Å². The maximum atomic E-state index is 10.5. The average Bonchev–Trinajstić information content (AvgIpc) is 2.16. The van der Waals surface area contributed by atoms with E-state index in [1.807, 2.05) is 6.07 Å². The summed E-state index contributed by atoms with van der Waals surface area (Å²) in [4.78, 5) is 10.5. The van der Waals surface area contributed by atoms with Crippen LogP contribution in [0.4, 0.5) is 4.79 Å². The zero-order valence-corrected chi connectivity index (χ0v) is 11.0. The van der Waals surface area contributed by atoms with Gasteiger partial charge in [-0.05, 0) is 23.3 Å². The number of alkyl halides is 2. The summed E-state index contributed by atoms with van der Waals surface area (Å²) in [5.74, 6) is 0.469. The van der Waals surface area contributed by atoms with E-state index in [2.05, 4.69) is 31.9 Å². The van der Waals surface area contributed by atoms with Gasteiger partial charge in [-0.15, -0.1) is 0 Å². The normalized spacial score (nSPS) is 9.93. The number of carbonyl (C=O) groups excluding carboxylic acids is 1. The van der Waals surface area contributed by atoms with Crippen LogP contribution in [0.3, 0.4) is 0 Å². The van der Waals surface area contributed by atoms with E-state index >= 15 is 0 Å². The Balaban J connectivity index is 2.98. The molecule has 0 bridgehead atoms. The lowest BCUT2D eigenvalue weighted by atomic mass is 10.1. The van der Waals surface area contributed by atoms with E-state index in [1.165, 1.54) is 0 Å². The summed E-state index contributed by atoms with van der Waals surface area (Å²) < 4.78 is 4.78. The van der Waals surface area contributed by atoms with Gasteiger partial charge in [-0.1, -0.05) is 37.9 Å². The summed E-state index contributed by atoms with van der Waals surface area (Å²) in [6, 6.07) is 5.54. The molecule has 76 valence electrons. The molecule has 0 saturated carbocycles. The van der Waals surface area contributed by atoms with E-state index in [0.717, 1.165) is 11.1 Å². The van der Waals surface area contributed by atoms with Crippen LogP contribution in [0, 0.1) is 0 Å². The molecule has 0 aliphatic carbocycles. The summed E-state index contributed by atoms with van der Waals surface area (Å²) in [6.45, 7) is 0.